The second-order valence-corrected chi connectivity index (χ2v) is 9.03. The molecule has 0 radical (unpaired) electrons. The van der Waals surface area contributed by atoms with Crippen LogP contribution >= 0.6 is 0 Å². The number of carbonyl (C=O) groups is 1. The number of amides is 1. The second-order valence-electron chi connectivity index (χ2n) is 7.13. The van der Waals surface area contributed by atoms with Gasteiger partial charge in [0.2, 0.25) is 15.9 Å². The third-order valence-electron chi connectivity index (χ3n) is 4.71. The van der Waals surface area contributed by atoms with Crippen LogP contribution in [0.1, 0.15) is 34.2 Å². The van der Waals surface area contributed by atoms with Crippen LogP contribution in [0.25, 0.3) is 0 Å². The van der Waals surface area contributed by atoms with Crippen molar-refractivity contribution in [3.8, 4) is 0 Å². The smallest absolute Gasteiger partial charge is 0.232 e. The number of aryl methyl sites for hydroxylation is 4. The summed E-state index contributed by atoms with van der Waals surface area (Å²) in [5, 5.41) is 2.89. The van der Waals surface area contributed by atoms with Crippen molar-refractivity contribution in [2.75, 3.05) is 22.4 Å². The van der Waals surface area contributed by atoms with E-state index in [1.54, 1.807) is 0 Å². The fourth-order valence-electron chi connectivity index (χ4n) is 3.31. The highest BCUT2D eigenvalue weighted by Gasteiger charge is 2.22. The topological polar surface area (TPSA) is 66.5 Å². The number of nitrogens with one attached hydrogen (secondary N) is 1. The Morgan fingerprint density at radius 2 is 1.59 bits per heavy atom. The highest BCUT2D eigenvalue weighted by molar-refractivity contribution is 7.92. The molecule has 0 heterocycles. The zero-order valence-electron chi connectivity index (χ0n) is 16.9. The third kappa shape index (κ3) is 5.10. The van der Waals surface area contributed by atoms with Crippen LogP contribution in [0.5, 0.6) is 0 Å². The maximum absolute atomic E-state index is 12.4. The minimum absolute atomic E-state index is 0.0766. The molecule has 5 nitrogen and oxygen atoms in total. The van der Waals surface area contributed by atoms with Crippen LogP contribution in [-0.4, -0.2) is 27.1 Å². The van der Waals surface area contributed by atoms with Gasteiger partial charge < -0.3 is 5.32 Å². The summed E-state index contributed by atoms with van der Waals surface area (Å²) in [6, 6.07) is 9.63. The molecule has 1 N–H and O–H groups in total. The number of nitrogens with zero attached hydrogens (tertiary/aromatic N) is 1. The molecule has 0 saturated heterocycles. The first kappa shape index (κ1) is 21.0. The predicted octanol–water partition coefficient (Wildman–Crippen LogP) is 4.02. The molecule has 27 heavy (non-hydrogen) atoms. The molecule has 0 aliphatic heterocycles. The van der Waals surface area contributed by atoms with Gasteiger partial charge in [-0.1, -0.05) is 29.8 Å². The Morgan fingerprint density at radius 1 is 1.00 bits per heavy atom. The number of hydrogen-bond donors (Lipinski definition) is 1. The van der Waals surface area contributed by atoms with Crippen LogP contribution in [0.15, 0.2) is 30.3 Å². The monoisotopic (exact) mass is 388 g/mol. The number of carbonyl (C=O) groups excluding carboxylic acids is 1. The SMILES string of the molecule is Cc1cc(C)c(N(CCC(=O)Nc2cccc(C)c2C)S(C)(=O)=O)c(C)c1. The van der Waals surface area contributed by atoms with Gasteiger partial charge in [0.05, 0.1) is 11.9 Å². The Labute approximate surface area is 162 Å². The second kappa shape index (κ2) is 8.13. The molecule has 0 bridgehead atoms. The van der Waals surface area contributed by atoms with Gasteiger partial charge in [0.15, 0.2) is 0 Å². The molecule has 1 amide bonds. The van der Waals surface area contributed by atoms with Crippen LogP contribution in [0.2, 0.25) is 0 Å². The van der Waals surface area contributed by atoms with Gasteiger partial charge in [-0.25, -0.2) is 8.42 Å². The van der Waals surface area contributed by atoms with E-state index >= 15 is 0 Å². The van der Waals surface area contributed by atoms with E-state index in [1.165, 1.54) is 10.6 Å². The summed E-state index contributed by atoms with van der Waals surface area (Å²) in [6.07, 6.45) is 1.25. The van der Waals surface area contributed by atoms with Gasteiger partial charge in [-0.3, -0.25) is 9.10 Å². The fraction of sp³-hybridized carbons (Fsp3) is 0.381. The van der Waals surface area contributed by atoms with Gasteiger partial charge in [-0.2, -0.15) is 0 Å². The van der Waals surface area contributed by atoms with Gasteiger partial charge in [0.25, 0.3) is 0 Å². The lowest BCUT2D eigenvalue weighted by Gasteiger charge is -2.26. The van der Waals surface area contributed by atoms with E-state index in [0.29, 0.717) is 5.69 Å². The molecule has 146 valence electrons. The molecule has 0 atom stereocenters. The molecule has 0 fully saturated rings. The largest absolute Gasteiger partial charge is 0.326 e. The van der Waals surface area contributed by atoms with Crippen molar-refractivity contribution in [2.24, 2.45) is 0 Å². The van der Waals surface area contributed by atoms with Crippen molar-refractivity contribution >= 4 is 27.3 Å². The highest BCUT2D eigenvalue weighted by Crippen LogP contribution is 2.28. The molecule has 0 aromatic heterocycles. The predicted molar refractivity (Wildman–Crippen MR) is 112 cm³/mol. The normalized spacial score (nSPS) is 11.3. The van der Waals surface area contributed by atoms with Gasteiger partial charge in [0, 0.05) is 18.7 Å². The molecule has 2 aromatic carbocycles. The zero-order valence-corrected chi connectivity index (χ0v) is 17.7. The fourth-order valence-corrected chi connectivity index (χ4v) is 4.35. The average Bonchev–Trinajstić information content (AvgIpc) is 2.53. The molecule has 6 heteroatoms. The summed E-state index contributed by atoms with van der Waals surface area (Å²) in [5.41, 5.74) is 6.36. The maximum Gasteiger partial charge on any atom is 0.232 e. The summed E-state index contributed by atoms with van der Waals surface area (Å²) >= 11 is 0. The summed E-state index contributed by atoms with van der Waals surface area (Å²) in [7, 11) is -3.51. The average molecular weight is 389 g/mol. The van der Waals surface area contributed by atoms with Gasteiger partial charge in [0.1, 0.15) is 0 Å². The third-order valence-corrected chi connectivity index (χ3v) is 5.87. The van der Waals surface area contributed by atoms with E-state index < -0.39 is 10.0 Å². The molecule has 0 aliphatic rings. The number of benzene rings is 2. The standard InChI is InChI=1S/C21H28N2O3S/c1-14-12-16(3)21(17(4)13-14)23(27(6,25)26)11-10-20(24)22-19-9-7-8-15(2)18(19)5/h7-9,12-13H,10-11H2,1-6H3,(H,22,24). The maximum atomic E-state index is 12.4. The number of sulfonamides is 1. The Bertz CT molecular complexity index is 942. The first-order valence-corrected chi connectivity index (χ1v) is 10.8. The van der Waals surface area contributed by atoms with Gasteiger partial charge >= 0.3 is 0 Å². The van der Waals surface area contributed by atoms with Crippen LogP contribution in [-0.2, 0) is 14.8 Å². The van der Waals surface area contributed by atoms with Crippen molar-refractivity contribution < 1.29 is 13.2 Å². The molecular weight excluding hydrogens is 360 g/mol. The highest BCUT2D eigenvalue weighted by atomic mass is 32.2. The molecule has 2 rings (SSSR count). The van der Waals surface area contributed by atoms with Crippen LogP contribution in [0.3, 0.4) is 0 Å². The summed E-state index contributed by atoms with van der Waals surface area (Å²) in [6.45, 7) is 9.80. The Morgan fingerprint density at radius 3 is 2.15 bits per heavy atom. The van der Waals surface area contributed by atoms with E-state index in [1.807, 2.05) is 65.0 Å². The van der Waals surface area contributed by atoms with E-state index in [-0.39, 0.29) is 18.9 Å². The van der Waals surface area contributed by atoms with Gasteiger partial charge in [-0.05, 0) is 62.9 Å². The molecule has 0 saturated carbocycles. The Hall–Kier alpha value is -2.34. The van der Waals surface area contributed by atoms with Crippen LogP contribution in [0, 0.1) is 34.6 Å². The number of rotatable bonds is 6. The van der Waals surface area contributed by atoms with Crippen LogP contribution < -0.4 is 9.62 Å². The first-order valence-electron chi connectivity index (χ1n) is 8.92. The van der Waals surface area contributed by atoms with Crippen molar-refractivity contribution in [1.29, 1.82) is 0 Å². The lowest BCUT2D eigenvalue weighted by atomic mass is 10.0. The van der Waals surface area contributed by atoms with Crippen LogP contribution in [0.4, 0.5) is 11.4 Å². The van der Waals surface area contributed by atoms with Crippen molar-refractivity contribution in [1.82, 2.24) is 0 Å². The van der Waals surface area contributed by atoms with Crippen molar-refractivity contribution in [3.63, 3.8) is 0 Å². The molecule has 0 spiro atoms. The molecule has 2 aromatic rings. The number of anilines is 2. The Balaban J connectivity index is 2.21. The minimum atomic E-state index is -3.51. The summed E-state index contributed by atoms with van der Waals surface area (Å²) in [5.74, 6) is -0.209. The van der Waals surface area contributed by atoms with E-state index in [4.69, 9.17) is 0 Å². The van der Waals surface area contributed by atoms with E-state index in [0.717, 1.165) is 33.5 Å². The van der Waals surface area contributed by atoms with Crippen molar-refractivity contribution in [3.05, 3.63) is 58.1 Å². The molecule has 0 unspecified atom stereocenters. The summed E-state index contributed by atoms with van der Waals surface area (Å²) in [4.78, 5) is 12.4. The first-order chi connectivity index (χ1) is 12.5. The van der Waals surface area contributed by atoms with E-state index in [2.05, 4.69) is 5.32 Å². The lowest BCUT2D eigenvalue weighted by Crippen LogP contribution is -2.34. The van der Waals surface area contributed by atoms with Crippen molar-refractivity contribution in [2.45, 2.75) is 41.0 Å². The molecular formula is C21H28N2O3S. The number of hydrogen-bond acceptors (Lipinski definition) is 3. The lowest BCUT2D eigenvalue weighted by molar-refractivity contribution is -0.116. The minimum Gasteiger partial charge on any atom is -0.326 e. The van der Waals surface area contributed by atoms with Gasteiger partial charge in [-0.15, -0.1) is 0 Å². The zero-order chi connectivity index (χ0) is 20.4. The quantitative estimate of drug-likeness (QED) is 0.813. The Kier molecular flexibility index (Phi) is 6.31. The van der Waals surface area contributed by atoms with E-state index in [9.17, 15) is 13.2 Å². The molecule has 0 aliphatic carbocycles. The summed E-state index contributed by atoms with van der Waals surface area (Å²) < 4.78 is 26.1.